The summed E-state index contributed by atoms with van der Waals surface area (Å²) in [5.74, 6) is -0.418. The number of rotatable bonds is 2. The summed E-state index contributed by atoms with van der Waals surface area (Å²) in [5, 5.41) is 3.89. The van der Waals surface area contributed by atoms with Crippen LogP contribution >= 0.6 is 23.8 Å². The Morgan fingerprint density at radius 3 is 2.74 bits per heavy atom. The highest BCUT2D eigenvalue weighted by Gasteiger charge is 2.20. The molecule has 6 heteroatoms. The number of benzene rings is 1. The van der Waals surface area contributed by atoms with Gasteiger partial charge in [0, 0.05) is 5.69 Å². The average molecular weight is 303 g/mol. The molecule has 1 aromatic carbocycles. The molecular formula is C13H18ClFN3S+. The number of anilines is 1. The molecule has 0 bridgehead atoms. The molecule has 0 unspecified atom stereocenters. The molecule has 0 atom stereocenters. The lowest BCUT2D eigenvalue weighted by atomic mass is 10.3. The van der Waals surface area contributed by atoms with Gasteiger partial charge in [0.1, 0.15) is 5.82 Å². The molecular weight excluding hydrogens is 285 g/mol. The van der Waals surface area contributed by atoms with E-state index in [1.807, 2.05) is 0 Å². The largest absolute Gasteiger partial charge is 0.338 e. The van der Waals surface area contributed by atoms with E-state index in [9.17, 15) is 4.39 Å². The van der Waals surface area contributed by atoms with Gasteiger partial charge < -0.3 is 15.1 Å². The topological polar surface area (TPSA) is 19.7 Å². The molecule has 0 radical (unpaired) electrons. The van der Waals surface area contributed by atoms with Crippen LogP contribution in [0.2, 0.25) is 5.02 Å². The molecule has 1 aliphatic rings. The van der Waals surface area contributed by atoms with Crippen molar-refractivity contribution in [3.05, 3.63) is 29.0 Å². The minimum atomic E-state index is -0.418. The van der Waals surface area contributed by atoms with Crippen LogP contribution in [0.15, 0.2) is 18.2 Å². The van der Waals surface area contributed by atoms with E-state index in [0.717, 1.165) is 38.4 Å². The number of nitrogens with zero attached hydrogens (tertiary/aromatic N) is 1. The standard InChI is InChI=1S/C13H17ClFN3S/c1-2-17-5-7-18(8-6-17)13(19)16-10-3-4-12(15)11(14)9-10/h3-4,9H,2,5-8H2,1H3,(H,16,19)/p+1. The second-order valence-electron chi connectivity index (χ2n) is 4.65. The molecule has 1 saturated heterocycles. The maximum atomic E-state index is 13.1. The molecule has 2 rings (SSSR count). The summed E-state index contributed by atoms with van der Waals surface area (Å²) >= 11 is 11.1. The molecule has 0 aromatic heterocycles. The molecule has 0 spiro atoms. The Kier molecular flexibility index (Phi) is 4.96. The van der Waals surface area contributed by atoms with Crippen molar-refractivity contribution in [3.63, 3.8) is 0 Å². The van der Waals surface area contributed by atoms with E-state index in [0.29, 0.717) is 5.11 Å². The molecule has 104 valence electrons. The molecule has 0 amide bonds. The highest BCUT2D eigenvalue weighted by molar-refractivity contribution is 7.80. The third-order valence-electron chi connectivity index (χ3n) is 3.43. The number of piperazine rings is 1. The van der Waals surface area contributed by atoms with Crippen LogP contribution in [0.3, 0.4) is 0 Å². The fourth-order valence-electron chi connectivity index (χ4n) is 2.16. The SMILES string of the molecule is CC[NH+]1CCN(C(=S)Nc2ccc(F)c(Cl)c2)CC1. The van der Waals surface area contributed by atoms with Gasteiger partial charge in [-0.05, 0) is 37.3 Å². The van der Waals surface area contributed by atoms with Crippen molar-refractivity contribution in [2.45, 2.75) is 6.92 Å². The smallest absolute Gasteiger partial charge is 0.173 e. The maximum absolute atomic E-state index is 13.1. The summed E-state index contributed by atoms with van der Waals surface area (Å²) in [4.78, 5) is 3.75. The first kappa shape index (κ1) is 14.5. The van der Waals surface area contributed by atoms with Gasteiger partial charge in [0.15, 0.2) is 5.11 Å². The average Bonchev–Trinajstić information content (AvgIpc) is 2.43. The summed E-state index contributed by atoms with van der Waals surface area (Å²) in [6, 6.07) is 4.53. The minimum Gasteiger partial charge on any atom is -0.338 e. The zero-order valence-corrected chi connectivity index (χ0v) is 12.5. The van der Waals surface area contributed by atoms with Crippen LogP contribution in [0.1, 0.15) is 6.92 Å². The maximum Gasteiger partial charge on any atom is 0.173 e. The van der Waals surface area contributed by atoms with Gasteiger partial charge in [0.05, 0.1) is 37.7 Å². The minimum absolute atomic E-state index is 0.105. The van der Waals surface area contributed by atoms with Gasteiger partial charge in [-0.15, -0.1) is 0 Å². The number of quaternary nitrogens is 1. The Hall–Kier alpha value is -0.910. The molecule has 3 nitrogen and oxygen atoms in total. The Bertz CT molecular complexity index is 461. The first-order chi connectivity index (χ1) is 9.10. The van der Waals surface area contributed by atoms with E-state index in [1.54, 1.807) is 17.0 Å². The van der Waals surface area contributed by atoms with Crippen molar-refractivity contribution < 1.29 is 9.29 Å². The number of nitrogens with one attached hydrogen (secondary N) is 2. The van der Waals surface area contributed by atoms with Crippen molar-refractivity contribution >= 4 is 34.6 Å². The van der Waals surface area contributed by atoms with Gasteiger partial charge >= 0.3 is 0 Å². The van der Waals surface area contributed by atoms with Gasteiger partial charge in [-0.25, -0.2) is 4.39 Å². The Balaban J connectivity index is 1.92. The Labute approximate surface area is 123 Å². The second-order valence-corrected chi connectivity index (χ2v) is 5.44. The Morgan fingerprint density at radius 2 is 2.16 bits per heavy atom. The van der Waals surface area contributed by atoms with Crippen molar-refractivity contribution in [2.24, 2.45) is 0 Å². The highest BCUT2D eigenvalue weighted by atomic mass is 35.5. The van der Waals surface area contributed by atoms with E-state index in [4.69, 9.17) is 23.8 Å². The van der Waals surface area contributed by atoms with Gasteiger partial charge in [-0.2, -0.15) is 0 Å². The van der Waals surface area contributed by atoms with Crippen LogP contribution in [0.5, 0.6) is 0 Å². The van der Waals surface area contributed by atoms with Crippen molar-refractivity contribution in [1.29, 1.82) is 0 Å². The monoisotopic (exact) mass is 302 g/mol. The summed E-state index contributed by atoms with van der Waals surface area (Å²) in [6.07, 6.45) is 0. The van der Waals surface area contributed by atoms with Crippen molar-refractivity contribution in [1.82, 2.24) is 4.90 Å². The fraction of sp³-hybridized carbons (Fsp3) is 0.462. The number of hydrogen-bond acceptors (Lipinski definition) is 1. The lowest BCUT2D eigenvalue weighted by molar-refractivity contribution is -0.902. The van der Waals surface area contributed by atoms with Gasteiger partial charge in [-0.1, -0.05) is 11.6 Å². The predicted octanol–water partition coefficient (Wildman–Crippen LogP) is 1.40. The summed E-state index contributed by atoms with van der Waals surface area (Å²) < 4.78 is 13.1. The van der Waals surface area contributed by atoms with E-state index in [-0.39, 0.29) is 5.02 Å². The van der Waals surface area contributed by atoms with Crippen LogP contribution in [-0.4, -0.2) is 42.7 Å². The zero-order valence-electron chi connectivity index (χ0n) is 10.9. The summed E-state index contributed by atoms with van der Waals surface area (Å²) in [6.45, 7) is 7.45. The molecule has 0 saturated carbocycles. The summed E-state index contributed by atoms with van der Waals surface area (Å²) in [5.41, 5.74) is 0.724. The van der Waals surface area contributed by atoms with E-state index >= 15 is 0 Å². The van der Waals surface area contributed by atoms with Crippen molar-refractivity contribution in [3.8, 4) is 0 Å². The number of halogens is 2. The van der Waals surface area contributed by atoms with Gasteiger partial charge in [0.25, 0.3) is 0 Å². The van der Waals surface area contributed by atoms with E-state index in [1.165, 1.54) is 6.07 Å². The third kappa shape index (κ3) is 3.78. The van der Waals surface area contributed by atoms with Crippen LogP contribution in [0.4, 0.5) is 10.1 Å². The molecule has 19 heavy (non-hydrogen) atoms. The second kappa shape index (κ2) is 6.50. The van der Waals surface area contributed by atoms with Crippen LogP contribution in [0.25, 0.3) is 0 Å². The van der Waals surface area contributed by atoms with Gasteiger partial charge in [-0.3, -0.25) is 0 Å². The highest BCUT2D eigenvalue weighted by Crippen LogP contribution is 2.19. The number of likely N-dealkylation sites (N-methyl/N-ethyl adjacent to an activating group) is 1. The lowest BCUT2D eigenvalue weighted by Gasteiger charge is -2.33. The quantitative estimate of drug-likeness (QED) is 0.806. The Morgan fingerprint density at radius 1 is 1.47 bits per heavy atom. The third-order valence-corrected chi connectivity index (χ3v) is 4.08. The van der Waals surface area contributed by atoms with Gasteiger partial charge in [0.2, 0.25) is 0 Å². The summed E-state index contributed by atoms with van der Waals surface area (Å²) in [7, 11) is 0. The normalized spacial score (nSPS) is 16.5. The lowest BCUT2D eigenvalue weighted by Crippen LogP contribution is -3.14. The molecule has 0 aliphatic carbocycles. The zero-order chi connectivity index (χ0) is 13.8. The molecule has 1 aliphatic heterocycles. The van der Waals surface area contributed by atoms with E-state index < -0.39 is 5.82 Å². The number of thiocarbonyl (C=S) groups is 1. The van der Waals surface area contributed by atoms with Crippen LogP contribution in [0, 0.1) is 5.82 Å². The predicted molar refractivity (Wildman–Crippen MR) is 80.4 cm³/mol. The molecule has 1 fully saturated rings. The van der Waals surface area contributed by atoms with Crippen LogP contribution in [-0.2, 0) is 0 Å². The van der Waals surface area contributed by atoms with Crippen molar-refractivity contribution in [2.75, 3.05) is 38.0 Å². The molecule has 1 heterocycles. The number of hydrogen-bond donors (Lipinski definition) is 2. The molecule has 2 N–H and O–H groups in total. The van der Waals surface area contributed by atoms with Crippen LogP contribution < -0.4 is 10.2 Å². The van der Waals surface area contributed by atoms with E-state index in [2.05, 4.69) is 17.1 Å². The molecule has 1 aromatic rings. The first-order valence-electron chi connectivity index (χ1n) is 6.44. The fourth-order valence-corrected chi connectivity index (χ4v) is 2.64. The first-order valence-corrected chi connectivity index (χ1v) is 7.23.